The number of fused-ring (bicyclic) bond motifs is 1. The van der Waals surface area contributed by atoms with E-state index < -0.39 is 0 Å². The zero-order chi connectivity index (χ0) is 10.5. The van der Waals surface area contributed by atoms with E-state index in [0.717, 1.165) is 24.9 Å². The van der Waals surface area contributed by atoms with Gasteiger partial charge in [0.15, 0.2) is 0 Å². The zero-order valence-corrected chi connectivity index (χ0v) is 9.71. The average Bonchev–Trinajstić information content (AvgIpc) is 3.19. The molecule has 2 fully saturated rings. The smallest absolute Gasteiger partial charge is 0.112 e. The van der Waals surface area contributed by atoms with Gasteiger partial charge in [-0.2, -0.15) is 0 Å². The number of hydrogen-bond donors (Lipinski definition) is 1. The summed E-state index contributed by atoms with van der Waals surface area (Å²) in [5.41, 5.74) is 2.89. The van der Waals surface area contributed by atoms with Crippen LogP contribution < -0.4 is 5.32 Å². The van der Waals surface area contributed by atoms with Crippen LogP contribution in [0.2, 0.25) is 0 Å². The van der Waals surface area contributed by atoms with Gasteiger partial charge in [-0.3, -0.25) is 0 Å². The van der Waals surface area contributed by atoms with Crippen molar-refractivity contribution < 1.29 is 0 Å². The number of aromatic nitrogens is 2. The van der Waals surface area contributed by atoms with Crippen LogP contribution in [0, 0.1) is 5.92 Å². The summed E-state index contributed by atoms with van der Waals surface area (Å²) in [6, 6.07) is 0. The summed E-state index contributed by atoms with van der Waals surface area (Å²) in [6.07, 6.45) is 6.80. The first kappa shape index (κ1) is 9.23. The van der Waals surface area contributed by atoms with E-state index in [2.05, 4.69) is 9.88 Å². The fourth-order valence-corrected chi connectivity index (χ4v) is 2.81. The minimum Gasteiger partial charge on any atom is -0.331 e. The first-order chi connectivity index (χ1) is 7.92. The number of rotatable bonds is 3. The fraction of sp³-hybridized carbons (Fsp3) is 0.769. The summed E-state index contributed by atoms with van der Waals surface area (Å²) in [5, 5.41) is 3.43. The molecule has 0 bridgehead atoms. The quantitative estimate of drug-likeness (QED) is 0.837. The fourth-order valence-electron chi connectivity index (χ4n) is 2.81. The van der Waals surface area contributed by atoms with Crippen molar-refractivity contribution in [2.24, 2.45) is 5.92 Å². The van der Waals surface area contributed by atoms with Crippen LogP contribution in [0.25, 0.3) is 0 Å². The van der Waals surface area contributed by atoms with Gasteiger partial charge in [0.2, 0.25) is 0 Å². The predicted molar refractivity (Wildman–Crippen MR) is 62.3 cm³/mol. The van der Waals surface area contributed by atoms with Gasteiger partial charge in [-0.05, 0) is 31.6 Å². The van der Waals surface area contributed by atoms with Crippen LogP contribution in [-0.2, 0) is 19.5 Å². The highest BCUT2D eigenvalue weighted by Crippen LogP contribution is 2.42. The molecular formula is C13H19N3. The SMILES string of the molecule is C1Cc2c(nc(C3CC3)n2CC2CC2)CN1. The van der Waals surface area contributed by atoms with E-state index in [4.69, 9.17) is 4.98 Å². The van der Waals surface area contributed by atoms with E-state index in [0.29, 0.717) is 0 Å². The summed E-state index contributed by atoms with van der Waals surface area (Å²) in [4.78, 5) is 4.89. The topological polar surface area (TPSA) is 29.9 Å². The highest BCUT2D eigenvalue weighted by molar-refractivity contribution is 5.24. The Kier molecular flexibility index (Phi) is 1.92. The molecule has 2 heterocycles. The van der Waals surface area contributed by atoms with E-state index in [9.17, 15) is 0 Å². The minimum atomic E-state index is 0.796. The lowest BCUT2D eigenvalue weighted by Crippen LogP contribution is -2.25. The molecule has 3 nitrogen and oxygen atoms in total. The average molecular weight is 217 g/mol. The Morgan fingerprint density at radius 3 is 2.88 bits per heavy atom. The molecular weight excluding hydrogens is 198 g/mol. The van der Waals surface area contributed by atoms with Gasteiger partial charge in [-0.1, -0.05) is 0 Å². The molecule has 3 heteroatoms. The van der Waals surface area contributed by atoms with Crippen molar-refractivity contribution in [2.75, 3.05) is 6.54 Å². The van der Waals surface area contributed by atoms with Gasteiger partial charge in [-0.25, -0.2) is 4.98 Å². The molecule has 4 rings (SSSR count). The molecule has 1 aromatic heterocycles. The maximum Gasteiger partial charge on any atom is 0.112 e. The van der Waals surface area contributed by atoms with E-state index in [-0.39, 0.29) is 0 Å². The Morgan fingerprint density at radius 2 is 2.12 bits per heavy atom. The van der Waals surface area contributed by atoms with Gasteiger partial charge in [-0.15, -0.1) is 0 Å². The first-order valence-electron chi connectivity index (χ1n) is 6.70. The lowest BCUT2D eigenvalue weighted by Gasteiger charge is -2.16. The van der Waals surface area contributed by atoms with E-state index in [1.54, 1.807) is 5.69 Å². The Hall–Kier alpha value is -0.830. The molecule has 0 spiro atoms. The normalized spacial score (nSPS) is 24.5. The molecule has 1 aliphatic heterocycles. The summed E-state index contributed by atoms with van der Waals surface area (Å²) in [7, 11) is 0. The van der Waals surface area contributed by atoms with Gasteiger partial charge >= 0.3 is 0 Å². The molecule has 1 N–H and O–H groups in total. The van der Waals surface area contributed by atoms with Crippen molar-refractivity contribution in [1.82, 2.24) is 14.9 Å². The van der Waals surface area contributed by atoms with E-state index in [1.807, 2.05) is 0 Å². The van der Waals surface area contributed by atoms with Crippen LogP contribution in [0.1, 0.15) is 48.8 Å². The maximum atomic E-state index is 4.89. The second-order valence-electron chi connectivity index (χ2n) is 5.62. The van der Waals surface area contributed by atoms with Gasteiger partial charge in [0, 0.05) is 37.7 Å². The van der Waals surface area contributed by atoms with Crippen molar-refractivity contribution in [3.63, 3.8) is 0 Å². The molecule has 0 amide bonds. The van der Waals surface area contributed by atoms with Gasteiger partial charge < -0.3 is 9.88 Å². The van der Waals surface area contributed by atoms with E-state index >= 15 is 0 Å². The monoisotopic (exact) mass is 217 g/mol. The Labute approximate surface area is 96.3 Å². The third-order valence-electron chi connectivity index (χ3n) is 4.10. The summed E-state index contributed by atoms with van der Waals surface area (Å²) in [6.45, 7) is 3.38. The molecule has 0 radical (unpaired) electrons. The highest BCUT2D eigenvalue weighted by Gasteiger charge is 2.33. The van der Waals surface area contributed by atoms with Crippen molar-refractivity contribution in [3.8, 4) is 0 Å². The number of nitrogens with zero attached hydrogens (tertiary/aromatic N) is 2. The third-order valence-corrected chi connectivity index (χ3v) is 4.10. The highest BCUT2D eigenvalue weighted by atomic mass is 15.1. The molecule has 0 atom stereocenters. The number of imidazole rings is 1. The standard InChI is InChI=1S/C13H19N3/c1-2-9(1)8-16-12-5-6-14-7-11(12)15-13(16)10-3-4-10/h9-10,14H,1-8H2. The van der Waals surface area contributed by atoms with E-state index in [1.165, 1.54) is 50.2 Å². The second kappa shape index (κ2) is 3.33. The maximum absolute atomic E-state index is 4.89. The van der Waals surface area contributed by atoms with Crippen molar-refractivity contribution in [2.45, 2.75) is 51.1 Å². The van der Waals surface area contributed by atoms with Crippen LogP contribution in [-0.4, -0.2) is 16.1 Å². The van der Waals surface area contributed by atoms with Crippen LogP contribution in [0.4, 0.5) is 0 Å². The predicted octanol–water partition coefficient (Wildman–Crippen LogP) is 1.82. The van der Waals surface area contributed by atoms with Gasteiger partial charge in [0.05, 0.1) is 5.69 Å². The minimum absolute atomic E-state index is 0.796. The Morgan fingerprint density at radius 1 is 1.25 bits per heavy atom. The van der Waals surface area contributed by atoms with Gasteiger partial charge in [0.25, 0.3) is 0 Å². The molecule has 2 aliphatic carbocycles. The zero-order valence-electron chi connectivity index (χ0n) is 9.71. The van der Waals surface area contributed by atoms with Crippen molar-refractivity contribution in [3.05, 3.63) is 17.2 Å². The van der Waals surface area contributed by atoms with Crippen LogP contribution in [0.5, 0.6) is 0 Å². The molecule has 0 aromatic carbocycles. The Balaban J connectivity index is 1.74. The third kappa shape index (κ3) is 1.49. The molecule has 2 saturated carbocycles. The summed E-state index contributed by atoms with van der Waals surface area (Å²) >= 11 is 0. The molecule has 1 aromatic rings. The number of hydrogen-bond acceptors (Lipinski definition) is 2. The van der Waals surface area contributed by atoms with Crippen LogP contribution in [0.3, 0.4) is 0 Å². The summed E-state index contributed by atoms with van der Waals surface area (Å²) in [5.74, 6) is 3.18. The lowest BCUT2D eigenvalue weighted by molar-refractivity contribution is 0.548. The number of nitrogens with one attached hydrogen (secondary N) is 1. The Bertz CT molecular complexity index is 413. The molecule has 0 unspecified atom stereocenters. The molecule has 0 saturated heterocycles. The molecule has 86 valence electrons. The largest absolute Gasteiger partial charge is 0.331 e. The van der Waals surface area contributed by atoms with Crippen molar-refractivity contribution in [1.29, 1.82) is 0 Å². The molecule has 3 aliphatic rings. The lowest BCUT2D eigenvalue weighted by atomic mass is 10.2. The van der Waals surface area contributed by atoms with Crippen molar-refractivity contribution >= 4 is 0 Å². The second-order valence-corrected chi connectivity index (χ2v) is 5.62. The van der Waals surface area contributed by atoms with Crippen LogP contribution in [0.15, 0.2) is 0 Å². The molecule has 16 heavy (non-hydrogen) atoms. The van der Waals surface area contributed by atoms with Gasteiger partial charge in [0.1, 0.15) is 5.82 Å². The first-order valence-corrected chi connectivity index (χ1v) is 6.70. The van der Waals surface area contributed by atoms with Crippen LogP contribution >= 0.6 is 0 Å². The summed E-state index contributed by atoms with van der Waals surface area (Å²) < 4.78 is 2.59.